The number of fused-ring (bicyclic) bond motifs is 1. The molecule has 0 radical (unpaired) electrons. The van der Waals surface area contributed by atoms with Crippen molar-refractivity contribution in [1.82, 2.24) is 10.4 Å². The number of halogens is 7. The van der Waals surface area contributed by atoms with Crippen molar-refractivity contribution in [2.45, 2.75) is 38.0 Å². The van der Waals surface area contributed by atoms with Gasteiger partial charge in [0.2, 0.25) is 5.91 Å². The number of H-pyrrole nitrogens is 1. The number of benzene rings is 1. The zero-order valence-electron chi connectivity index (χ0n) is 16.3. The number of carbonyl (C=O) groups excluding carboxylic acids is 2. The second-order valence-electron chi connectivity index (χ2n) is 6.97. The molecule has 6 nitrogen and oxygen atoms in total. The molecule has 3 rings (SSSR count). The van der Waals surface area contributed by atoms with Crippen molar-refractivity contribution in [2.75, 3.05) is 4.90 Å². The van der Waals surface area contributed by atoms with Gasteiger partial charge in [-0.3, -0.25) is 9.80 Å². The van der Waals surface area contributed by atoms with Crippen LogP contribution in [0.15, 0.2) is 42.7 Å². The van der Waals surface area contributed by atoms with Gasteiger partial charge in [0.1, 0.15) is 0 Å². The number of hydrogen-bond donors (Lipinski definition) is 1. The highest BCUT2D eigenvalue weighted by Gasteiger charge is 2.73. The van der Waals surface area contributed by atoms with E-state index >= 15 is 0 Å². The van der Waals surface area contributed by atoms with E-state index in [2.05, 4.69) is 10.4 Å². The second kappa shape index (κ2) is 8.04. The number of aromatic amines is 1. The first-order chi connectivity index (χ1) is 14.8. The van der Waals surface area contributed by atoms with Crippen LogP contribution in [-0.4, -0.2) is 29.3 Å². The Balaban J connectivity index is 2.02. The zero-order valence-corrected chi connectivity index (χ0v) is 16.3. The van der Waals surface area contributed by atoms with E-state index < -0.39 is 42.1 Å². The standard InChI is InChI=1S/C19H15F7N4O2/c1-11(31)30-15-5-4-14(17(20,18(21,22)23)19(24,25)26)7-13(15)10-29(16(30)32)28-9-12-3-2-6-27-8-12/h2-8,28H,9-10H2,1H3/p+1. The number of hydrogen-bond acceptors (Lipinski definition) is 3. The number of anilines is 1. The predicted molar refractivity (Wildman–Crippen MR) is 95.3 cm³/mol. The van der Waals surface area contributed by atoms with Gasteiger partial charge in [0.25, 0.3) is 0 Å². The number of amides is 3. The van der Waals surface area contributed by atoms with Crippen LogP contribution in [0.3, 0.4) is 0 Å². The average Bonchev–Trinajstić information content (AvgIpc) is 2.70. The lowest BCUT2D eigenvalue weighted by Crippen LogP contribution is -2.54. The third-order valence-corrected chi connectivity index (χ3v) is 4.81. The van der Waals surface area contributed by atoms with Crippen LogP contribution in [0.25, 0.3) is 0 Å². The molecule has 0 atom stereocenters. The van der Waals surface area contributed by atoms with Crippen molar-refractivity contribution < 1.29 is 45.3 Å². The van der Waals surface area contributed by atoms with Gasteiger partial charge in [-0.1, -0.05) is 6.07 Å². The Morgan fingerprint density at radius 1 is 1.09 bits per heavy atom. The molecule has 0 spiro atoms. The van der Waals surface area contributed by atoms with Gasteiger partial charge >= 0.3 is 24.1 Å². The average molecular weight is 465 g/mol. The Kier molecular flexibility index (Phi) is 5.89. The molecule has 13 heteroatoms. The summed E-state index contributed by atoms with van der Waals surface area (Å²) in [5.41, 5.74) is -4.52. The monoisotopic (exact) mass is 465 g/mol. The Morgan fingerprint density at radius 2 is 1.75 bits per heavy atom. The minimum absolute atomic E-state index is 0.0437. The molecule has 3 amide bonds. The normalized spacial score (nSPS) is 15.1. The quantitative estimate of drug-likeness (QED) is 0.699. The first-order valence-corrected chi connectivity index (χ1v) is 9.04. The van der Waals surface area contributed by atoms with Crippen LogP contribution in [-0.2, 0) is 23.6 Å². The van der Waals surface area contributed by atoms with Gasteiger partial charge < -0.3 is 0 Å². The van der Waals surface area contributed by atoms with Crippen LogP contribution in [0.2, 0.25) is 0 Å². The lowest BCUT2D eigenvalue weighted by molar-refractivity contribution is -0.378. The highest BCUT2D eigenvalue weighted by Crippen LogP contribution is 2.53. The Bertz CT molecular complexity index is 1010. The van der Waals surface area contributed by atoms with Gasteiger partial charge in [-0.05, 0) is 23.8 Å². The van der Waals surface area contributed by atoms with E-state index in [9.17, 15) is 40.3 Å². The molecule has 1 aromatic heterocycles. The molecule has 0 bridgehead atoms. The minimum atomic E-state index is -6.29. The molecule has 1 aliphatic heterocycles. The maximum Gasteiger partial charge on any atom is 0.435 e. The Labute approximate surface area is 176 Å². The summed E-state index contributed by atoms with van der Waals surface area (Å²) >= 11 is 0. The van der Waals surface area contributed by atoms with Crippen molar-refractivity contribution in [3.05, 3.63) is 59.4 Å². The first kappa shape index (κ1) is 23.4. The van der Waals surface area contributed by atoms with Gasteiger partial charge in [-0.2, -0.15) is 26.3 Å². The summed E-state index contributed by atoms with van der Waals surface area (Å²) in [6.45, 7) is 0.534. The van der Waals surface area contributed by atoms with Crippen LogP contribution in [0, 0.1) is 0 Å². The van der Waals surface area contributed by atoms with E-state index in [0.29, 0.717) is 22.6 Å². The lowest BCUT2D eigenvalue weighted by atomic mass is 9.91. The molecule has 2 heterocycles. The summed E-state index contributed by atoms with van der Waals surface area (Å²) in [5.74, 6) is -0.832. The Hall–Kier alpha value is -3.22. The summed E-state index contributed by atoms with van der Waals surface area (Å²) in [5, 5.41) is 0.849. The maximum absolute atomic E-state index is 14.5. The van der Waals surface area contributed by atoms with Crippen molar-refractivity contribution >= 4 is 17.6 Å². The van der Waals surface area contributed by atoms with Crippen LogP contribution >= 0.6 is 0 Å². The summed E-state index contributed by atoms with van der Waals surface area (Å²) < 4.78 is 93.3. The first-order valence-electron chi connectivity index (χ1n) is 9.04. The molecule has 1 aliphatic rings. The van der Waals surface area contributed by atoms with Crippen LogP contribution in [0.1, 0.15) is 23.6 Å². The van der Waals surface area contributed by atoms with Crippen LogP contribution in [0.5, 0.6) is 0 Å². The fourth-order valence-electron chi connectivity index (χ4n) is 3.25. The number of carbonyl (C=O) groups is 2. The number of nitrogens with one attached hydrogen (secondary N) is 2. The second-order valence-corrected chi connectivity index (χ2v) is 6.97. The van der Waals surface area contributed by atoms with Crippen LogP contribution < -0.4 is 15.3 Å². The van der Waals surface area contributed by atoms with E-state index in [4.69, 9.17) is 0 Å². The number of rotatable bonds is 4. The number of imide groups is 1. The molecule has 0 fully saturated rings. The largest absolute Gasteiger partial charge is 0.435 e. The van der Waals surface area contributed by atoms with E-state index in [0.717, 1.165) is 11.9 Å². The van der Waals surface area contributed by atoms with Gasteiger partial charge in [0.05, 0.1) is 12.2 Å². The number of pyridine rings is 1. The number of hydrazine groups is 1. The zero-order chi connectivity index (χ0) is 23.9. The SMILES string of the molecule is CC(=O)N1C(=O)N(NCc2ccc[nH+]c2)Cc2cc(C(F)(C(F)(F)F)C(F)(F)F)ccc21. The summed E-state index contributed by atoms with van der Waals surface area (Å²) in [6, 6.07) is 3.77. The highest BCUT2D eigenvalue weighted by molar-refractivity contribution is 6.14. The molecule has 172 valence electrons. The Morgan fingerprint density at radius 3 is 2.28 bits per heavy atom. The lowest BCUT2D eigenvalue weighted by Gasteiger charge is -2.37. The van der Waals surface area contributed by atoms with E-state index in [1.54, 1.807) is 24.5 Å². The highest BCUT2D eigenvalue weighted by atomic mass is 19.4. The molecule has 32 heavy (non-hydrogen) atoms. The summed E-state index contributed by atoms with van der Waals surface area (Å²) in [6.07, 6.45) is -9.37. The maximum atomic E-state index is 14.5. The van der Waals surface area contributed by atoms with Crippen molar-refractivity contribution in [2.24, 2.45) is 0 Å². The molecule has 0 saturated heterocycles. The van der Waals surface area contributed by atoms with E-state index in [1.807, 2.05) is 0 Å². The topological polar surface area (TPSA) is 66.8 Å². The third-order valence-electron chi connectivity index (χ3n) is 4.81. The number of urea groups is 1. The van der Waals surface area contributed by atoms with Crippen molar-refractivity contribution in [1.29, 1.82) is 0 Å². The predicted octanol–water partition coefficient (Wildman–Crippen LogP) is 3.78. The van der Waals surface area contributed by atoms with E-state index in [-0.39, 0.29) is 23.9 Å². The third kappa shape index (κ3) is 3.99. The van der Waals surface area contributed by atoms with Crippen molar-refractivity contribution in [3.63, 3.8) is 0 Å². The van der Waals surface area contributed by atoms with Gasteiger partial charge in [-0.15, -0.1) is 0 Å². The molecule has 0 aliphatic carbocycles. The molecule has 2 N–H and O–H groups in total. The number of aromatic nitrogens is 1. The molecule has 2 aromatic rings. The summed E-state index contributed by atoms with van der Waals surface area (Å²) in [4.78, 5) is 28.1. The minimum Gasteiger partial charge on any atom is -0.274 e. The van der Waals surface area contributed by atoms with Gasteiger partial charge in [0, 0.05) is 30.7 Å². The van der Waals surface area contributed by atoms with Gasteiger partial charge in [0.15, 0.2) is 12.4 Å². The molecule has 0 unspecified atom stereocenters. The van der Waals surface area contributed by atoms with Crippen LogP contribution in [0.4, 0.5) is 41.2 Å². The van der Waals surface area contributed by atoms with E-state index in [1.165, 1.54) is 0 Å². The smallest absolute Gasteiger partial charge is 0.274 e. The molecular weight excluding hydrogens is 449 g/mol. The fraction of sp³-hybridized carbons (Fsp3) is 0.316. The summed E-state index contributed by atoms with van der Waals surface area (Å²) in [7, 11) is 0. The number of alkyl halides is 7. The van der Waals surface area contributed by atoms with Crippen molar-refractivity contribution in [3.8, 4) is 0 Å². The molecular formula is C19H16F7N4O2+. The fourth-order valence-corrected chi connectivity index (χ4v) is 3.25. The van der Waals surface area contributed by atoms with Gasteiger partial charge in [-0.25, -0.2) is 24.5 Å². The molecule has 0 saturated carbocycles. The molecule has 1 aromatic carbocycles. The number of nitrogens with zero attached hydrogens (tertiary/aromatic N) is 2.